The van der Waals surface area contributed by atoms with Gasteiger partial charge in [0.05, 0.1) is 51.5 Å². The average Bonchev–Trinajstić information content (AvgIpc) is 2.56. The summed E-state index contributed by atoms with van der Waals surface area (Å²) in [5.74, 6) is -0.744. The van der Waals surface area contributed by atoms with Crippen LogP contribution in [0.3, 0.4) is 0 Å². The fraction of sp³-hybridized carbons (Fsp3) is 0.462. The first kappa shape index (κ1) is 20.2. The molecule has 1 unspecified atom stereocenters. The number of methoxy groups -OCH3 is 1. The third-order valence-electron chi connectivity index (χ3n) is 2.69. The third kappa shape index (κ3) is 7.49. The van der Waals surface area contributed by atoms with Crippen molar-refractivity contribution in [3.05, 3.63) is 39.4 Å². The zero-order chi connectivity index (χ0) is 17.1. The van der Waals surface area contributed by atoms with Crippen molar-refractivity contribution in [2.45, 2.75) is 6.61 Å². The molecule has 0 bridgehead atoms. The Kier molecular flexibility index (Phi) is 10.2. The predicted octanol–water partition coefficient (Wildman–Crippen LogP) is 2.87. The van der Waals surface area contributed by atoms with Gasteiger partial charge in [0, 0.05) is 6.07 Å². The highest BCUT2D eigenvalue weighted by atomic mass is 127. The third-order valence-corrected chi connectivity index (χ3v) is 3.94. The number of benzene rings is 1. The molecule has 0 aromatic heterocycles. The molecule has 1 rings (SSSR count). The second-order valence-electron chi connectivity index (χ2n) is 4.19. The molecule has 1 aromatic rings. The molecule has 1 aromatic carbocycles. The van der Waals surface area contributed by atoms with Gasteiger partial charge in [0.25, 0.3) is 5.69 Å². The normalized spacial score (nSPS) is 11.0. The maximum atomic E-state index is 11.5. The van der Waals surface area contributed by atoms with Crippen molar-refractivity contribution < 1.29 is 28.5 Å². The second kappa shape index (κ2) is 11.6. The summed E-state index contributed by atoms with van der Waals surface area (Å²) < 4.78 is 20.3. The van der Waals surface area contributed by atoms with Crippen LogP contribution < -0.4 is 0 Å². The summed E-state index contributed by atoms with van der Waals surface area (Å²) in [6, 6.07) is 4.26. The molecule has 0 heterocycles. The minimum Gasteiger partial charge on any atom is -0.465 e. The molecule has 0 saturated heterocycles. The molecule has 0 aliphatic rings. The van der Waals surface area contributed by atoms with Gasteiger partial charge in [0.2, 0.25) is 0 Å². The Morgan fingerprint density at radius 3 is 2.61 bits per heavy atom. The highest BCUT2D eigenvalue weighted by molar-refractivity contribution is 14.2. The van der Waals surface area contributed by atoms with Crippen LogP contribution in [0.5, 0.6) is 0 Å². The number of hydrogen-bond acceptors (Lipinski definition) is 7. The van der Waals surface area contributed by atoms with Crippen molar-refractivity contribution in [3.8, 4) is 0 Å². The maximum absolute atomic E-state index is 11.5. The Hall–Kier alpha value is -0.870. The number of halogens is 1. The topological polar surface area (TPSA) is 97.1 Å². The van der Waals surface area contributed by atoms with E-state index in [1.54, 1.807) is 6.07 Å². The largest absolute Gasteiger partial charge is 0.465 e. The molecule has 0 N–H and O–H groups in total. The van der Waals surface area contributed by atoms with E-state index in [9.17, 15) is 14.9 Å². The molecule has 10 heteroatoms. The van der Waals surface area contributed by atoms with Crippen molar-refractivity contribution in [3.63, 3.8) is 0 Å². The van der Waals surface area contributed by atoms with Crippen LogP contribution in [0, 0.1) is 10.1 Å². The van der Waals surface area contributed by atoms with Crippen LogP contribution in [0.2, 0.25) is 0 Å². The average molecular weight is 457 g/mol. The van der Waals surface area contributed by atoms with Crippen molar-refractivity contribution in [1.29, 1.82) is 0 Å². The molecular formula is C13H17INO7P. The first-order chi connectivity index (χ1) is 11.1. The van der Waals surface area contributed by atoms with Crippen LogP contribution in [0.1, 0.15) is 15.9 Å². The molecule has 0 aliphatic heterocycles. The molecule has 0 aliphatic carbocycles. The van der Waals surface area contributed by atoms with E-state index < -0.39 is 10.9 Å². The fourth-order valence-corrected chi connectivity index (χ4v) is 2.47. The van der Waals surface area contributed by atoms with Gasteiger partial charge in [0.1, 0.15) is 5.56 Å². The van der Waals surface area contributed by atoms with Crippen LogP contribution in [-0.4, -0.2) is 44.4 Å². The molecule has 0 radical (unpaired) electrons. The summed E-state index contributed by atoms with van der Waals surface area (Å²) in [7, 11) is 1.18. The second-order valence-corrected chi connectivity index (χ2v) is 5.95. The van der Waals surface area contributed by atoms with Crippen LogP contribution >= 0.6 is 28.5 Å². The van der Waals surface area contributed by atoms with Gasteiger partial charge in [-0.15, -0.1) is 0 Å². The van der Waals surface area contributed by atoms with E-state index in [1.165, 1.54) is 19.2 Å². The highest BCUT2D eigenvalue weighted by Gasteiger charge is 2.21. The summed E-state index contributed by atoms with van der Waals surface area (Å²) in [6.45, 7) is 2.42. The summed E-state index contributed by atoms with van der Waals surface area (Å²) in [4.78, 5) is 21.9. The molecule has 0 saturated carbocycles. The molecule has 0 fully saturated rings. The van der Waals surface area contributed by atoms with E-state index in [1.807, 2.05) is 0 Å². The molecule has 1 atom stereocenters. The first-order valence-corrected chi connectivity index (χ1v) is 10.6. The Labute approximate surface area is 148 Å². The molecule has 128 valence electrons. The maximum Gasteiger partial charge on any atom is 0.344 e. The molecule has 23 heavy (non-hydrogen) atoms. The van der Waals surface area contributed by atoms with Crippen molar-refractivity contribution >= 4 is 40.1 Å². The van der Waals surface area contributed by atoms with Gasteiger partial charge in [-0.25, -0.2) is 4.79 Å². The standard InChI is InChI=1S/C13H17INO7P/c1-19-13(16)11-3-2-10(8-12(11)15(17)18)9-21-5-4-20-6-7-22-23-14/h2-3,8,23H,4-7,9H2,1H3. The van der Waals surface area contributed by atoms with Gasteiger partial charge in [-0.2, -0.15) is 0 Å². The minimum atomic E-state index is -0.744. The van der Waals surface area contributed by atoms with Gasteiger partial charge in [-0.3, -0.25) is 10.1 Å². The fourth-order valence-electron chi connectivity index (χ4n) is 1.65. The van der Waals surface area contributed by atoms with E-state index in [2.05, 4.69) is 26.8 Å². The van der Waals surface area contributed by atoms with Crippen LogP contribution in [-0.2, 0) is 25.3 Å². The smallest absolute Gasteiger partial charge is 0.344 e. The van der Waals surface area contributed by atoms with E-state index in [-0.39, 0.29) is 17.9 Å². The lowest BCUT2D eigenvalue weighted by molar-refractivity contribution is -0.385. The Morgan fingerprint density at radius 2 is 1.96 bits per heavy atom. The molecular weight excluding hydrogens is 440 g/mol. The first-order valence-electron chi connectivity index (χ1n) is 6.58. The van der Waals surface area contributed by atoms with Gasteiger partial charge in [-0.05, 0) is 33.7 Å². The molecule has 0 amide bonds. The Morgan fingerprint density at radius 1 is 1.26 bits per heavy atom. The zero-order valence-electron chi connectivity index (χ0n) is 12.5. The highest BCUT2D eigenvalue weighted by Crippen LogP contribution is 2.22. The quantitative estimate of drug-likeness (QED) is 0.126. The molecule has 0 spiro atoms. The van der Waals surface area contributed by atoms with E-state index in [0.29, 0.717) is 38.4 Å². The number of nitro benzene ring substituents is 1. The van der Waals surface area contributed by atoms with Crippen LogP contribution in [0.15, 0.2) is 18.2 Å². The molecule has 8 nitrogen and oxygen atoms in total. The van der Waals surface area contributed by atoms with E-state index in [4.69, 9.17) is 14.0 Å². The van der Waals surface area contributed by atoms with Crippen LogP contribution in [0.25, 0.3) is 0 Å². The number of carbonyl (C=O) groups is 1. The summed E-state index contributed by atoms with van der Waals surface area (Å²) in [6.07, 6.45) is 0. The number of carbonyl (C=O) groups excluding carboxylic acids is 1. The number of nitro groups is 1. The SMILES string of the molecule is COC(=O)c1ccc(COCCOCCOPI)cc1[N+](=O)[O-]. The van der Waals surface area contributed by atoms with Gasteiger partial charge in [0.15, 0.2) is 0 Å². The van der Waals surface area contributed by atoms with E-state index in [0.717, 1.165) is 0 Å². The number of esters is 1. The van der Waals surface area contributed by atoms with Crippen molar-refractivity contribution in [2.24, 2.45) is 0 Å². The summed E-state index contributed by atoms with van der Waals surface area (Å²) in [5.41, 5.74) is 0.213. The Balaban J connectivity index is 2.44. The van der Waals surface area contributed by atoms with Gasteiger partial charge in [-0.1, -0.05) is 6.07 Å². The van der Waals surface area contributed by atoms with Crippen molar-refractivity contribution in [1.82, 2.24) is 0 Å². The van der Waals surface area contributed by atoms with E-state index >= 15 is 0 Å². The van der Waals surface area contributed by atoms with Gasteiger partial charge < -0.3 is 18.7 Å². The monoisotopic (exact) mass is 457 g/mol. The zero-order valence-corrected chi connectivity index (χ0v) is 15.6. The summed E-state index contributed by atoms with van der Waals surface area (Å²) in [5, 5.41) is 11.0. The number of hydrogen-bond donors (Lipinski definition) is 0. The number of ether oxygens (including phenoxy) is 3. The number of rotatable bonds is 11. The Bertz CT molecular complexity index is 529. The lowest BCUT2D eigenvalue weighted by Gasteiger charge is -2.07. The van der Waals surface area contributed by atoms with Crippen molar-refractivity contribution in [2.75, 3.05) is 33.5 Å². The lowest BCUT2D eigenvalue weighted by atomic mass is 10.1. The van der Waals surface area contributed by atoms with Gasteiger partial charge >= 0.3 is 5.97 Å². The summed E-state index contributed by atoms with van der Waals surface area (Å²) >= 11 is 2.13. The number of nitrogens with zero attached hydrogens (tertiary/aromatic N) is 1. The van der Waals surface area contributed by atoms with Crippen LogP contribution in [0.4, 0.5) is 5.69 Å². The predicted molar refractivity (Wildman–Crippen MR) is 93.2 cm³/mol. The minimum absolute atomic E-state index is 0.0828. The lowest BCUT2D eigenvalue weighted by Crippen LogP contribution is -2.09.